The zero-order valence-corrected chi connectivity index (χ0v) is 14.3. The molecule has 25 heavy (non-hydrogen) atoms. The largest absolute Gasteiger partial charge is 0.322 e. The summed E-state index contributed by atoms with van der Waals surface area (Å²) < 4.78 is 15.0. The minimum Gasteiger partial charge on any atom is -0.322 e. The van der Waals surface area contributed by atoms with E-state index in [4.69, 9.17) is 0 Å². The van der Waals surface area contributed by atoms with E-state index in [2.05, 4.69) is 19.2 Å². The summed E-state index contributed by atoms with van der Waals surface area (Å²) in [6, 6.07) is 11.6. The Kier molecular flexibility index (Phi) is 4.40. The number of hydrogen-bond donors (Lipinski definition) is 1. The van der Waals surface area contributed by atoms with Crippen LogP contribution in [0.1, 0.15) is 47.4 Å². The van der Waals surface area contributed by atoms with Crippen molar-refractivity contribution in [3.05, 3.63) is 65.6 Å². The second-order valence-corrected chi connectivity index (χ2v) is 6.32. The molecule has 5 heteroatoms. The van der Waals surface area contributed by atoms with Gasteiger partial charge >= 0.3 is 0 Å². The predicted molar refractivity (Wildman–Crippen MR) is 96.7 cm³/mol. The Labute approximate surface area is 145 Å². The molecule has 0 atom stereocenters. The van der Waals surface area contributed by atoms with Gasteiger partial charge < -0.3 is 5.32 Å². The Hall–Kier alpha value is -2.95. The smallest absolute Gasteiger partial charge is 0.257 e. The van der Waals surface area contributed by atoms with Crippen molar-refractivity contribution in [3.8, 4) is 0 Å². The number of halogens is 1. The molecule has 0 spiro atoms. The zero-order chi connectivity index (χ0) is 18.1. The Balaban J connectivity index is 1.96. The number of fused-ring (bicyclic) bond motifs is 1. The number of hydrogen-bond acceptors (Lipinski definition) is 2. The summed E-state index contributed by atoms with van der Waals surface area (Å²) in [5.74, 6) is -0.671. The van der Waals surface area contributed by atoms with Crippen LogP contribution in [-0.4, -0.2) is 16.4 Å². The molecule has 0 unspecified atom stereocenters. The van der Waals surface area contributed by atoms with Crippen LogP contribution in [0.4, 0.5) is 10.1 Å². The first-order valence-corrected chi connectivity index (χ1v) is 8.09. The van der Waals surface area contributed by atoms with Gasteiger partial charge in [-0.25, -0.2) is 4.39 Å². The fourth-order valence-electron chi connectivity index (χ4n) is 2.79. The van der Waals surface area contributed by atoms with Gasteiger partial charge in [-0.05, 0) is 41.8 Å². The van der Waals surface area contributed by atoms with Crippen LogP contribution in [0.15, 0.2) is 48.7 Å². The van der Waals surface area contributed by atoms with Crippen molar-refractivity contribution in [3.63, 3.8) is 0 Å². The molecule has 128 valence electrons. The van der Waals surface area contributed by atoms with Crippen LogP contribution in [0, 0.1) is 5.82 Å². The number of nitrogens with one attached hydrogen (secondary N) is 1. The lowest BCUT2D eigenvalue weighted by Gasteiger charge is -2.08. The zero-order valence-electron chi connectivity index (χ0n) is 14.3. The second kappa shape index (κ2) is 6.51. The lowest BCUT2D eigenvalue weighted by molar-refractivity contribution is 0.0941. The summed E-state index contributed by atoms with van der Waals surface area (Å²) in [4.78, 5) is 24.4. The number of rotatable bonds is 3. The maximum Gasteiger partial charge on any atom is 0.257 e. The topological polar surface area (TPSA) is 51.1 Å². The van der Waals surface area contributed by atoms with Crippen LogP contribution in [0.2, 0.25) is 0 Å². The molecule has 3 rings (SSSR count). The van der Waals surface area contributed by atoms with Crippen LogP contribution in [0.5, 0.6) is 0 Å². The van der Waals surface area contributed by atoms with Gasteiger partial charge in [-0.15, -0.1) is 0 Å². The van der Waals surface area contributed by atoms with Gasteiger partial charge in [0.1, 0.15) is 5.82 Å². The summed E-state index contributed by atoms with van der Waals surface area (Å²) in [6.07, 6.45) is 1.45. The van der Waals surface area contributed by atoms with Crippen LogP contribution >= 0.6 is 0 Å². The van der Waals surface area contributed by atoms with Gasteiger partial charge in [0.25, 0.3) is 5.91 Å². The van der Waals surface area contributed by atoms with Crippen molar-refractivity contribution in [1.82, 2.24) is 4.57 Å². The molecule has 0 radical (unpaired) electrons. The van der Waals surface area contributed by atoms with Crippen molar-refractivity contribution in [2.45, 2.75) is 26.7 Å². The summed E-state index contributed by atoms with van der Waals surface area (Å²) in [7, 11) is 0. The molecule has 0 aliphatic rings. The van der Waals surface area contributed by atoms with Crippen LogP contribution in [0.25, 0.3) is 10.9 Å². The molecule has 1 N–H and O–H groups in total. The number of carbonyl (C=O) groups excluding carboxylic acids is 2. The predicted octanol–water partition coefficient (Wildman–Crippen LogP) is 4.82. The molecular weight excluding hydrogens is 319 g/mol. The molecule has 0 saturated heterocycles. The maximum absolute atomic E-state index is 13.6. The Morgan fingerprint density at radius 3 is 2.36 bits per heavy atom. The van der Waals surface area contributed by atoms with Gasteiger partial charge in [0.2, 0.25) is 5.91 Å². The van der Waals surface area contributed by atoms with Crippen molar-refractivity contribution >= 4 is 28.4 Å². The van der Waals surface area contributed by atoms with Gasteiger partial charge in [-0.2, -0.15) is 0 Å². The molecule has 0 fully saturated rings. The van der Waals surface area contributed by atoms with Crippen LogP contribution < -0.4 is 5.32 Å². The van der Waals surface area contributed by atoms with E-state index in [0.29, 0.717) is 22.5 Å². The fourth-order valence-corrected chi connectivity index (χ4v) is 2.79. The van der Waals surface area contributed by atoms with E-state index in [9.17, 15) is 14.0 Å². The van der Waals surface area contributed by atoms with E-state index in [1.165, 1.54) is 41.5 Å². The molecular formula is C20H19FN2O2. The number of anilines is 1. The summed E-state index contributed by atoms with van der Waals surface area (Å²) in [5, 5.41) is 3.21. The second-order valence-electron chi connectivity index (χ2n) is 6.32. The average Bonchev–Trinajstić information content (AvgIpc) is 2.94. The lowest BCUT2D eigenvalue weighted by Crippen LogP contribution is -2.12. The van der Waals surface area contributed by atoms with Crippen LogP contribution in [-0.2, 0) is 0 Å². The summed E-state index contributed by atoms with van der Waals surface area (Å²) >= 11 is 0. The number of aromatic nitrogens is 1. The Morgan fingerprint density at radius 1 is 1.08 bits per heavy atom. The van der Waals surface area contributed by atoms with Crippen LogP contribution in [0.3, 0.4) is 0 Å². The highest BCUT2D eigenvalue weighted by Crippen LogP contribution is 2.24. The molecule has 3 aromatic rings. The first kappa shape index (κ1) is 16.9. The van der Waals surface area contributed by atoms with Gasteiger partial charge in [0.15, 0.2) is 0 Å². The minimum atomic E-state index is -0.455. The van der Waals surface area contributed by atoms with Crippen molar-refractivity contribution in [1.29, 1.82) is 0 Å². The first-order valence-electron chi connectivity index (χ1n) is 8.09. The third-order valence-electron chi connectivity index (χ3n) is 4.19. The quantitative estimate of drug-likeness (QED) is 0.744. The number of nitrogens with zero attached hydrogens (tertiary/aromatic N) is 1. The van der Waals surface area contributed by atoms with Crippen molar-refractivity contribution in [2.24, 2.45) is 0 Å². The van der Waals surface area contributed by atoms with Gasteiger partial charge in [-0.3, -0.25) is 14.2 Å². The first-order chi connectivity index (χ1) is 11.9. The van der Waals surface area contributed by atoms with E-state index < -0.39 is 5.82 Å². The van der Waals surface area contributed by atoms with Crippen molar-refractivity contribution in [2.75, 3.05) is 5.32 Å². The van der Waals surface area contributed by atoms with E-state index in [0.717, 1.165) is 0 Å². The molecule has 1 heterocycles. The van der Waals surface area contributed by atoms with Gasteiger partial charge in [0, 0.05) is 24.2 Å². The van der Waals surface area contributed by atoms with Gasteiger partial charge in [0.05, 0.1) is 11.1 Å². The standard InChI is InChI=1S/C20H19FN2O2/c1-12(2)14-4-7-16(8-5-14)22-20(25)18-11-23(13(3)24)19-9-6-15(21)10-17(18)19/h4-12H,1-3H3,(H,22,25). The van der Waals surface area contributed by atoms with Crippen molar-refractivity contribution < 1.29 is 14.0 Å². The highest BCUT2D eigenvalue weighted by Gasteiger charge is 2.17. The fraction of sp³-hybridized carbons (Fsp3) is 0.200. The lowest BCUT2D eigenvalue weighted by atomic mass is 10.0. The molecule has 0 aliphatic heterocycles. The Bertz CT molecular complexity index is 956. The summed E-state index contributed by atoms with van der Waals surface area (Å²) in [6.45, 7) is 5.59. The molecule has 0 saturated carbocycles. The molecule has 0 bridgehead atoms. The third kappa shape index (κ3) is 3.31. The highest BCUT2D eigenvalue weighted by atomic mass is 19.1. The molecule has 2 aromatic carbocycles. The van der Waals surface area contributed by atoms with E-state index in [-0.39, 0.29) is 17.4 Å². The summed E-state index contributed by atoms with van der Waals surface area (Å²) in [5.41, 5.74) is 2.59. The van der Waals surface area contributed by atoms with E-state index >= 15 is 0 Å². The monoisotopic (exact) mass is 338 g/mol. The van der Waals surface area contributed by atoms with E-state index in [1.807, 2.05) is 24.3 Å². The molecule has 1 amide bonds. The molecule has 0 aliphatic carbocycles. The maximum atomic E-state index is 13.6. The normalized spacial score (nSPS) is 11.1. The molecule has 4 nitrogen and oxygen atoms in total. The molecule has 1 aromatic heterocycles. The van der Waals surface area contributed by atoms with E-state index in [1.54, 1.807) is 0 Å². The minimum absolute atomic E-state index is 0.239. The number of benzene rings is 2. The number of amides is 1. The number of carbonyl (C=O) groups is 2. The highest BCUT2D eigenvalue weighted by molar-refractivity contribution is 6.14. The van der Waals surface area contributed by atoms with Gasteiger partial charge in [-0.1, -0.05) is 26.0 Å². The average molecular weight is 338 g/mol. The Morgan fingerprint density at radius 2 is 1.76 bits per heavy atom. The SMILES string of the molecule is CC(=O)n1cc(C(=O)Nc2ccc(C(C)C)cc2)c2cc(F)ccc21. The third-order valence-corrected chi connectivity index (χ3v) is 4.19.